The van der Waals surface area contributed by atoms with Crippen LogP contribution in [-0.2, 0) is 9.59 Å². The Kier molecular flexibility index (Phi) is 2.66. The molecule has 0 saturated heterocycles. The summed E-state index contributed by atoms with van der Waals surface area (Å²) in [7, 11) is 0. The van der Waals surface area contributed by atoms with E-state index in [1.54, 1.807) is 6.08 Å². The van der Waals surface area contributed by atoms with Crippen molar-refractivity contribution in [1.82, 2.24) is 0 Å². The van der Waals surface area contributed by atoms with Crippen LogP contribution in [0, 0.1) is 5.92 Å². The molecule has 0 aliphatic heterocycles. The van der Waals surface area contributed by atoms with E-state index in [0.717, 1.165) is 28.7 Å². The molecule has 0 fully saturated rings. The Labute approximate surface area is 95.7 Å². The summed E-state index contributed by atoms with van der Waals surface area (Å²) in [5.41, 5.74) is 3.90. The van der Waals surface area contributed by atoms with Crippen molar-refractivity contribution < 1.29 is 9.59 Å². The summed E-state index contributed by atoms with van der Waals surface area (Å²) in [6, 6.07) is 0. The van der Waals surface area contributed by atoms with E-state index >= 15 is 0 Å². The highest BCUT2D eigenvalue weighted by molar-refractivity contribution is 6.04. The number of carbonyl (C=O) groups is 2. The molecule has 0 amide bonds. The minimum Gasteiger partial charge on any atom is -0.295 e. The van der Waals surface area contributed by atoms with E-state index in [4.69, 9.17) is 0 Å². The van der Waals surface area contributed by atoms with Crippen molar-refractivity contribution in [2.24, 2.45) is 5.92 Å². The van der Waals surface area contributed by atoms with Crippen molar-refractivity contribution in [3.63, 3.8) is 0 Å². The lowest BCUT2D eigenvalue weighted by Crippen LogP contribution is -2.06. The minimum atomic E-state index is 0.125. The molecule has 0 aromatic carbocycles. The second-order valence-corrected chi connectivity index (χ2v) is 4.79. The Hall–Kier alpha value is -1.44. The fourth-order valence-electron chi connectivity index (χ4n) is 2.41. The first-order valence-electron chi connectivity index (χ1n) is 5.61. The third-order valence-electron chi connectivity index (χ3n) is 3.54. The van der Waals surface area contributed by atoms with Gasteiger partial charge in [0.05, 0.1) is 0 Å². The van der Waals surface area contributed by atoms with E-state index in [9.17, 15) is 9.59 Å². The van der Waals surface area contributed by atoms with Crippen LogP contribution in [0.1, 0.15) is 33.1 Å². The van der Waals surface area contributed by atoms with Crippen LogP contribution in [0.4, 0.5) is 0 Å². The molecule has 1 unspecified atom stereocenters. The molecule has 0 spiro atoms. The zero-order chi connectivity index (χ0) is 11.9. The molecule has 0 radical (unpaired) electrons. The number of hydrogen-bond donors (Lipinski definition) is 0. The maximum absolute atomic E-state index is 11.7. The molecule has 2 heteroatoms. The normalized spacial score (nSPS) is 25.4. The number of rotatable bonds is 1. The van der Waals surface area contributed by atoms with Crippen molar-refractivity contribution in [2.75, 3.05) is 0 Å². The van der Waals surface area contributed by atoms with Gasteiger partial charge in [0, 0.05) is 12.8 Å². The molecule has 0 saturated carbocycles. The van der Waals surface area contributed by atoms with Crippen molar-refractivity contribution in [1.29, 1.82) is 0 Å². The Morgan fingerprint density at radius 3 is 2.69 bits per heavy atom. The zero-order valence-corrected chi connectivity index (χ0v) is 9.80. The average Bonchev–Trinajstić information content (AvgIpc) is 2.37. The van der Waals surface area contributed by atoms with Crippen LogP contribution in [-0.4, -0.2) is 11.6 Å². The van der Waals surface area contributed by atoms with Gasteiger partial charge in [0.25, 0.3) is 0 Å². The first-order chi connectivity index (χ1) is 7.49. The van der Waals surface area contributed by atoms with Gasteiger partial charge < -0.3 is 0 Å². The van der Waals surface area contributed by atoms with Crippen LogP contribution in [0.2, 0.25) is 0 Å². The largest absolute Gasteiger partial charge is 0.295 e. The van der Waals surface area contributed by atoms with Gasteiger partial charge in [-0.3, -0.25) is 9.59 Å². The van der Waals surface area contributed by atoms with Crippen LogP contribution < -0.4 is 0 Å². The first kappa shape index (κ1) is 11.1. The van der Waals surface area contributed by atoms with Crippen molar-refractivity contribution >= 4 is 11.6 Å². The molecule has 2 aliphatic rings. The number of ketones is 2. The van der Waals surface area contributed by atoms with Crippen LogP contribution >= 0.6 is 0 Å². The quantitative estimate of drug-likeness (QED) is 0.631. The molecule has 2 nitrogen and oxygen atoms in total. The highest BCUT2D eigenvalue weighted by atomic mass is 16.1. The van der Waals surface area contributed by atoms with E-state index < -0.39 is 0 Å². The lowest BCUT2D eigenvalue weighted by Gasteiger charge is -2.14. The highest BCUT2D eigenvalue weighted by Crippen LogP contribution is 2.38. The molecule has 0 heterocycles. The Morgan fingerprint density at radius 1 is 1.38 bits per heavy atom. The van der Waals surface area contributed by atoms with Gasteiger partial charge in [-0.15, -0.1) is 0 Å². The highest BCUT2D eigenvalue weighted by Gasteiger charge is 2.30. The van der Waals surface area contributed by atoms with Gasteiger partial charge in [-0.05, 0) is 49.0 Å². The molecule has 2 aliphatic carbocycles. The Morgan fingerprint density at radius 2 is 2.06 bits per heavy atom. The number of hydrogen-bond acceptors (Lipinski definition) is 2. The van der Waals surface area contributed by atoms with Crippen LogP contribution in [0.5, 0.6) is 0 Å². The van der Waals surface area contributed by atoms with Gasteiger partial charge in [0.1, 0.15) is 0 Å². The summed E-state index contributed by atoms with van der Waals surface area (Å²) in [6.07, 6.45) is 3.40. The molecule has 0 N–H and O–H groups in total. The number of carbonyl (C=O) groups excluding carboxylic acids is 2. The Balaban J connectivity index is 2.42. The zero-order valence-electron chi connectivity index (χ0n) is 9.80. The molecular weight excluding hydrogens is 200 g/mol. The van der Waals surface area contributed by atoms with Crippen LogP contribution in [0.15, 0.2) is 34.9 Å². The molecule has 1 atom stereocenters. The van der Waals surface area contributed by atoms with Crippen LogP contribution in [0.3, 0.4) is 0 Å². The van der Waals surface area contributed by atoms with E-state index in [1.807, 2.05) is 13.8 Å². The van der Waals surface area contributed by atoms with Gasteiger partial charge in [-0.2, -0.15) is 0 Å². The van der Waals surface area contributed by atoms with Crippen molar-refractivity contribution in [2.45, 2.75) is 33.1 Å². The molecule has 16 heavy (non-hydrogen) atoms. The monoisotopic (exact) mass is 216 g/mol. The van der Waals surface area contributed by atoms with Gasteiger partial charge in [-0.25, -0.2) is 0 Å². The lowest BCUT2D eigenvalue weighted by atomic mass is 9.90. The number of Topliss-reactive ketones (excluding diaryl/α,β-unsaturated/α-hetero) is 1. The second kappa shape index (κ2) is 3.85. The van der Waals surface area contributed by atoms with Gasteiger partial charge in [0.15, 0.2) is 11.6 Å². The lowest BCUT2D eigenvalue weighted by molar-refractivity contribution is -0.115. The molecule has 0 aromatic rings. The molecular formula is C14H16O2. The van der Waals surface area contributed by atoms with Gasteiger partial charge in [0.2, 0.25) is 0 Å². The fourth-order valence-corrected chi connectivity index (χ4v) is 2.41. The predicted molar refractivity (Wildman–Crippen MR) is 63.0 cm³/mol. The smallest absolute Gasteiger partial charge is 0.163 e. The van der Waals surface area contributed by atoms with Gasteiger partial charge >= 0.3 is 0 Å². The minimum absolute atomic E-state index is 0.125. The summed E-state index contributed by atoms with van der Waals surface area (Å²) in [5, 5.41) is 0. The molecule has 0 aromatic heterocycles. The summed E-state index contributed by atoms with van der Waals surface area (Å²) < 4.78 is 0. The summed E-state index contributed by atoms with van der Waals surface area (Å²) >= 11 is 0. The average molecular weight is 216 g/mol. The van der Waals surface area contributed by atoms with E-state index in [-0.39, 0.29) is 17.5 Å². The Bertz CT molecular complexity index is 449. The van der Waals surface area contributed by atoms with Crippen molar-refractivity contribution in [3.8, 4) is 0 Å². The molecule has 2 rings (SSSR count). The van der Waals surface area contributed by atoms with E-state index in [1.165, 1.54) is 0 Å². The number of allylic oxidation sites excluding steroid dienone is 5. The topological polar surface area (TPSA) is 34.1 Å². The van der Waals surface area contributed by atoms with Gasteiger partial charge in [-0.1, -0.05) is 12.2 Å². The second-order valence-electron chi connectivity index (χ2n) is 4.79. The summed E-state index contributed by atoms with van der Waals surface area (Å²) in [4.78, 5) is 23.3. The standard InChI is InChI=1S/C14H16O2/c1-8(2)10-4-12(15)5-11-7-14(16)9(3)13(11)6-10/h5,10H,1,4,6-7H2,2-3H3. The van der Waals surface area contributed by atoms with Crippen molar-refractivity contribution in [3.05, 3.63) is 34.9 Å². The van der Waals surface area contributed by atoms with E-state index in [0.29, 0.717) is 12.8 Å². The molecule has 84 valence electrons. The van der Waals surface area contributed by atoms with E-state index in [2.05, 4.69) is 6.58 Å². The summed E-state index contributed by atoms with van der Waals surface area (Å²) in [6.45, 7) is 7.75. The third kappa shape index (κ3) is 1.80. The molecule has 0 bridgehead atoms. The van der Waals surface area contributed by atoms with Crippen LogP contribution in [0.25, 0.3) is 0 Å². The maximum Gasteiger partial charge on any atom is 0.163 e. The predicted octanol–water partition coefficient (Wildman–Crippen LogP) is 2.76. The third-order valence-corrected chi connectivity index (χ3v) is 3.54. The SMILES string of the molecule is C=C(C)C1CC(=O)C=C2CC(=O)C(C)=C2C1. The fraction of sp³-hybridized carbons (Fsp3) is 0.429. The number of fused-ring (bicyclic) bond motifs is 1. The summed E-state index contributed by atoms with van der Waals surface area (Å²) in [5.74, 6) is 0.481. The maximum atomic E-state index is 11.7. The first-order valence-corrected chi connectivity index (χ1v) is 5.61.